The van der Waals surface area contributed by atoms with Gasteiger partial charge in [0.15, 0.2) is 12.3 Å². The van der Waals surface area contributed by atoms with Crippen LogP contribution in [0.2, 0.25) is 10.0 Å². The molecular formula is C18H15Cl2N3O3. The molecule has 0 fully saturated rings. The van der Waals surface area contributed by atoms with E-state index in [0.29, 0.717) is 27.7 Å². The van der Waals surface area contributed by atoms with E-state index < -0.39 is 5.91 Å². The van der Waals surface area contributed by atoms with Gasteiger partial charge in [0.25, 0.3) is 0 Å². The summed E-state index contributed by atoms with van der Waals surface area (Å²) in [6, 6.07) is 11.8. The third-order valence-corrected chi connectivity index (χ3v) is 4.21. The molecule has 0 aliphatic rings. The number of rotatable bonds is 5. The number of azo groups is 1. The summed E-state index contributed by atoms with van der Waals surface area (Å²) in [4.78, 5) is 11.9. The number of aryl methyl sites for hydroxylation is 1. The van der Waals surface area contributed by atoms with E-state index in [1.54, 1.807) is 47.0 Å². The largest absolute Gasteiger partial charge is 0.493 e. The first-order valence-corrected chi connectivity index (χ1v) is 8.59. The highest BCUT2D eigenvalue weighted by Crippen LogP contribution is 2.39. The molecule has 3 aromatic rings. The third-order valence-electron chi connectivity index (χ3n) is 3.73. The second kappa shape index (κ2) is 7.76. The van der Waals surface area contributed by atoms with Crippen LogP contribution in [0.3, 0.4) is 0 Å². The van der Waals surface area contributed by atoms with Crippen molar-refractivity contribution in [1.29, 1.82) is 0 Å². The number of amides is 1. The van der Waals surface area contributed by atoms with Crippen LogP contribution in [-0.2, 0) is 11.3 Å². The van der Waals surface area contributed by atoms with Gasteiger partial charge in [-0.25, -0.2) is 0 Å². The van der Waals surface area contributed by atoms with Crippen LogP contribution in [0.15, 0.2) is 52.7 Å². The normalized spacial score (nSPS) is 11.3. The van der Waals surface area contributed by atoms with Crippen molar-refractivity contribution in [2.75, 3.05) is 6.61 Å². The molecule has 0 aliphatic carbocycles. The fourth-order valence-corrected chi connectivity index (χ4v) is 2.82. The van der Waals surface area contributed by atoms with Crippen LogP contribution in [-0.4, -0.2) is 22.2 Å². The third kappa shape index (κ3) is 3.81. The summed E-state index contributed by atoms with van der Waals surface area (Å²) in [5, 5.41) is 19.6. The van der Waals surface area contributed by atoms with Gasteiger partial charge < -0.3 is 14.4 Å². The Bertz CT molecular complexity index is 982. The Labute approximate surface area is 159 Å². The number of halogens is 2. The van der Waals surface area contributed by atoms with Crippen molar-refractivity contribution in [1.82, 2.24) is 4.57 Å². The number of hydrogen-bond acceptors (Lipinski definition) is 4. The molecule has 26 heavy (non-hydrogen) atoms. The van der Waals surface area contributed by atoms with E-state index in [1.165, 1.54) is 0 Å². The average Bonchev–Trinajstić information content (AvgIpc) is 2.89. The Morgan fingerprint density at radius 2 is 1.85 bits per heavy atom. The number of hydrogen-bond donors (Lipinski definition) is 1. The van der Waals surface area contributed by atoms with E-state index in [-0.39, 0.29) is 18.2 Å². The molecule has 8 heteroatoms. The summed E-state index contributed by atoms with van der Waals surface area (Å²) >= 11 is 11.8. The Balaban J connectivity index is 1.79. The van der Waals surface area contributed by atoms with Gasteiger partial charge in [-0.3, -0.25) is 4.79 Å². The molecule has 0 saturated heterocycles. The number of aromatic nitrogens is 1. The lowest BCUT2D eigenvalue weighted by molar-refractivity contribution is -0.120. The van der Waals surface area contributed by atoms with Crippen LogP contribution in [0.5, 0.6) is 11.6 Å². The Hall–Kier alpha value is -2.57. The summed E-state index contributed by atoms with van der Waals surface area (Å²) in [5.74, 6) is -0.158. The average molecular weight is 392 g/mol. The molecule has 0 radical (unpaired) electrons. The van der Waals surface area contributed by atoms with E-state index in [2.05, 4.69) is 10.2 Å². The van der Waals surface area contributed by atoms with Crippen molar-refractivity contribution >= 4 is 45.7 Å². The van der Waals surface area contributed by atoms with Crippen molar-refractivity contribution in [2.24, 2.45) is 10.2 Å². The van der Waals surface area contributed by atoms with Gasteiger partial charge in [0, 0.05) is 22.0 Å². The van der Waals surface area contributed by atoms with Gasteiger partial charge in [0.2, 0.25) is 5.88 Å². The maximum Gasteiger partial charge on any atom is 0.302 e. The van der Waals surface area contributed by atoms with E-state index >= 15 is 0 Å². The molecule has 1 heterocycles. The number of ether oxygens (including phenoxy) is 1. The smallest absolute Gasteiger partial charge is 0.302 e. The predicted octanol–water partition coefficient (Wildman–Crippen LogP) is 5.36. The molecule has 0 bridgehead atoms. The monoisotopic (exact) mass is 391 g/mol. The van der Waals surface area contributed by atoms with Crippen LogP contribution in [0, 0.1) is 0 Å². The van der Waals surface area contributed by atoms with E-state index in [1.807, 2.05) is 6.92 Å². The summed E-state index contributed by atoms with van der Waals surface area (Å²) in [6.45, 7) is 2.14. The molecule has 0 saturated carbocycles. The van der Waals surface area contributed by atoms with Crippen molar-refractivity contribution in [3.63, 3.8) is 0 Å². The molecule has 0 unspecified atom stereocenters. The Morgan fingerprint density at radius 3 is 2.54 bits per heavy atom. The molecule has 0 atom stereocenters. The van der Waals surface area contributed by atoms with Gasteiger partial charge >= 0.3 is 5.91 Å². The summed E-state index contributed by atoms with van der Waals surface area (Å²) in [5.41, 5.74) is 0.956. The summed E-state index contributed by atoms with van der Waals surface area (Å²) in [6.07, 6.45) is 0. The van der Waals surface area contributed by atoms with Gasteiger partial charge in [-0.1, -0.05) is 23.2 Å². The molecule has 0 spiro atoms. The highest BCUT2D eigenvalue weighted by atomic mass is 35.5. The summed E-state index contributed by atoms with van der Waals surface area (Å²) in [7, 11) is 0. The van der Waals surface area contributed by atoms with Gasteiger partial charge in [0.1, 0.15) is 5.75 Å². The van der Waals surface area contributed by atoms with Crippen molar-refractivity contribution in [2.45, 2.75) is 13.5 Å². The van der Waals surface area contributed by atoms with Crippen molar-refractivity contribution in [3.8, 4) is 11.6 Å². The van der Waals surface area contributed by atoms with Gasteiger partial charge in [-0.05, 0) is 49.4 Å². The minimum atomic E-state index is -0.584. The fourth-order valence-electron chi connectivity index (χ4n) is 2.52. The quantitative estimate of drug-likeness (QED) is 0.594. The Kier molecular flexibility index (Phi) is 5.44. The molecule has 0 aliphatic heterocycles. The predicted molar refractivity (Wildman–Crippen MR) is 101 cm³/mol. The lowest BCUT2D eigenvalue weighted by Gasteiger charge is -2.02. The lowest BCUT2D eigenvalue weighted by atomic mass is 10.2. The highest BCUT2D eigenvalue weighted by Gasteiger charge is 2.16. The first kappa shape index (κ1) is 18.2. The maximum atomic E-state index is 11.9. The maximum absolute atomic E-state index is 11.9. The number of fused-ring (bicyclic) bond motifs is 1. The molecule has 6 nitrogen and oxygen atoms in total. The second-order valence-corrected chi connectivity index (χ2v) is 6.29. The zero-order valence-corrected chi connectivity index (χ0v) is 15.3. The second-order valence-electron chi connectivity index (χ2n) is 5.41. The Morgan fingerprint density at radius 1 is 1.15 bits per heavy atom. The van der Waals surface area contributed by atoms with Crippen LogP contribution in [0.4, 0.5) is 5.69 Å². The van der Waals surface area contributed by atoms with Crippen LogP contribution in [0.1, 0.15) is 6.92 Å². The zero-order valence-electron chi connectivity index (χ0n) is 13.8. The minimum Gasteiger partial charge on any atom is -0.493 e. The van der Waals surface area contributed by atoms with E-state index in [0.717, 1.165) is 5.52 Å². The number of aromatic hydroxyl groups is 1. The fraction of sp³-hybridized carbons (Fsp3) is 0.167. The molecule has 1 N–H and O–H groups in total. The first-order valence-electron chi connectivity index (χ1n) is 7.83. The summed E-state index contributed by atoms with van der Waals surface area (Å²) < 4.78 is 6.99. The van der Waals surface area contributed by atoms with Gasteiger partial charge in [0.05, 0.1) is 5.52 Å². The number of benzene rings is 2. The highest BCUT2D eigenvalue weighted by molar-refractivity contribution is 6.31. The van der Waals surface area contributed by atoms with Crippen molar-refractivity contribution < 1.29 is 14.6 Å². The molecular weight excluding hydrogens is 377 g/mol. The zero-order chi connectivity index (χ0) is 18.7. The topological polar surface area (TPSA) is 76.2 Å². The molecule has 3 rings (SSSR count). The number of nitrogens with zero attached hydrogens (tertiary/aromatic N) is 3. The van der Waals surface area contributed by atoms with Gasteiger partial charge in [-0.15, -0.1) is 10.2 Å². The standard InChI is InChI=1S/C18H15Cl2N3O3/c1-2-23-15-8-5-12(20)9-14(15)17(18(23)25)22-21-16(24)10-26-13-6-3-11(19)4-7-13/h3-9,25H,2,10H2,1H3. The molecule has 1 aromatic heterocycles. The number of carbonyl (C=O) groups is 1. The van der Waals surface area contributed by atoms with E-state index in [9.17, 15) is 9.90 Å². The number of carbonyl (C=O) groups excluding carboxylic acids is 1. The SMILES string of the molecule is CCn1c(O)c(N=NC(=O)COc2ccc(Cl)cc2)c2cc(Cl)ccc21. The lowest BCUT2D eigenvalue weighted by Crippen LogP contribution is -2.07. The van der Waals surface area contributed by atoms with Gasteiger partial charge in [-0.2, -0.15) is 0 Å². The van der Waals surface area contributed by atoms with Crippen LogP contribution < -0.4 is 4.74 Å². The molecule has 1 amide bonds. The van der Waals surface area contributed by atoms with Crippen molar-refractivity contribution in [3.05, 3.63) is 52.5 Å². The molecule has 134 valence electrons. The van der Waals surface area contributed by atoms with Crippen LogP contribution >= 0.6 is 23.2 Å². The molecule has 2 aromatic carbocycles. The first-order chi connectivity index (χ1) is 12.5. The van der Waals surface area contributed by atoms with Crippen LogP contribution in [0.25, 0.3) is 10.9 Å². The van der Waals surface area contributed by atoms with E-state index in [4.69, 9.17) is 27.9 Å². The minimum absolute atomic E-state index is 0.0695.